The molecule has 1 nitrogen and oxygen atoms in total. The molecule has 1 aromatic rings. The summed E-state index contributed by atoms with van der Waals surface area (Å²) in [6, 6.07) is 4.13. The van der Waals surface area contributed by atoms with Crippen LogP contribution in [0.1, 0.15) is 12.0 Å². The molecule has 0 N–H and O–H groups in total. The van der Waals surface area contributed by atoms with Crippen LogP contribution in [0.2, 0.25) is 0 Å². The van der Waals surface area contributed by atoms with E-state index in [-0.39, 0.29) is 0 Å². The van der Waals surface area contributed by atoms with Crippen molar-refractivity contribution in [1.29, 1.82) is 0 Å². The van der Waals surface area contributed by atoms with Gasteiger partial charge >= 0.3 is 0 Å². The zero-order valence-corrected chi connectivity index (χ0v) is 7.60. The van der Waals surface area contributed by atoms with Crippen LogP contribution < -0.4 is 0 Å². The predicted molar refractivity (Wildman–Crippen MR) is 50.9 cm³/mol. The highest BCUT2D eigenvalue weighted by Gasteiger charge is 1.90. The van der Waals surface area contributed by atoms with E-state index in [2.05, 4.69) is 17.3 Å². The number of pyridine rings is 1. The Bertz CT molecular complexity index is 186. The Hall–Kier alpha value is -0.500. The molecule has 0 aliphatic rings. The van der Waals surface area contributed by atoms with Crippen LogP contribution in [-0.4, -0.2) is 17.0 Å². The highest BCUT2D eigenvalue weighted by molar-refractivity contribution is 7.98. The number of hydrogen-bond donors (Lipinski definition) is 0. The van der Waals surface area contributed by atoms with E-state index in [1.165, 1.54) is 17.7 Å². The number of hydrogen-bond acceptors (Lipinski definition) is 2. The lowest BCUT2D eigenvalue weighted by Gasteiger charge is -1.97. The highest BCUT2D eigenvalue weighted by Crippen LogP contribution is 2.03. The van der Waals surface area contributed by atoms with Crippen molar-refractivity contribution in [2.45, 2.75) is 12.8 Å². The first-order chi connectivity index (χ1) is 5.43. The minimum atomic E-state index is 1.16. The van der Waals surface area contributed by atoms with Crippen molar-refractivity contribution in [2.75, 3.05) is 12.0 Å². The van der Waals surface area contributed by atoms with E-state index in [1.54, 1.807) is 0 Å². The molecule has 0 aliphatic carbocycles. The molecule has 0 saturated carbocycles. The van der Waals surface area contributed by atoms with E-state index in [1.807, 2.05) is 30.2 Å². The summed E-state index contributed by atoms with van der Waals surface area (Å²) in [5.74, 6) is 1.24. The Labute approximate surface area is 72.2 Å². The van der Waals surface area contributed by atoms with Gasteiger partial charge in [0.1, 0.15) is 0 Å². The van der Waals surface area contributed by atoms with Crippen LogP contribution in [0.15, 0.2) is 24.5 Å². The molecule has 11 heavy (non-hydrogen) atoms. The van der Waals surface area contributed by atoms with E-state index in [9.17, 15) is 0 Å². The molecule has 0 amide bonds. The zero-order chi connectivity index (χ0) is 7.94. The normalized spacial score (nSPS) is 9.91. The van der Waals surface area contributed by atoms with E-state index >= 15 is 0 Å². The summed E-state index contributed by atoms with van der Waals surface area (Å²) in [4.78, 5) is 4.06. The second kappa shape index (κ2) is 5.19. The fourth-order valence-corrected chi connectivity index (χ4v) is 1.40. The number of nitrogens with zero attached hydrogens (tertiary/aromatic N) is 1. The molecule has 0 atom stereocenters. The molecule has 0 saturated heterocycles. The van der Waals surface area contributed by atoms with Gasteiger partial charge in [0.2, 0.25) is 0 Å². The van der Waals surface area contributed by atoms with Gasteiger partial charge in [0.05, 0.1) is 0 Å². The monoisotopic (exact) mass is 167 g/mol. The maximum Gasteiger partial charge on any atom is 0.0299 e. The van der Waals surface area contributed by atoms with Crippen LogP contribution in [0.25, 0.3) is 0 Å². The molecule has 1 aromatic heterocycles. The fraction of sp³-hybridized carbons (Fsp3) is 0.444. The molecule has 0 radical (unpaired) electrons. The largest absolute Gasteiger partial charge is 0.264 e. The molecule has 60 valence electrons. The van der Waals surface area contributed by atoms with Crippen molar-refractivity contribution < 1.29 is 0 Å². The molecule has 0 aromatic carbocycles. The number of thioether (sulfide) groups is 1. The van der Waals surface area contributed by atoms with E-state index in [0.717, 1.165) is 6.42 Å². The van der Waals surface area contributed by atoms with E-state index in [0.29, 0.717) is 0 Å². The smallest absolute Gasteiger partial charge is 0.0299 e. The Morgan fingerprint density at radius 3 is 3.09 bits per heavy atom. The third kappa shape index (κ3) is 3.42. The van der Waals surface area contributed by atoms with Gasteiger partial charge in [0, 0.05) is 12.4 Å². The lowest BCUT2D eigenvalue weighted by atomic mass is 10.2. The summed E-state index contributed by atoms with van der Waals surface area (Å²) in [6.45, 7) is 0. The SMILES string of the molecule is CSCCCc1cccnc1. The van der Waals surface area contributed by atoms with Gasteiger partial charge in [0.25, 0.3) is 0 Å². The molecule has 2 heteroatoms. The molecule has 0 bridgehead atoms. The fourth-order valence-electron chi connectivity index (χ4n) is 0.967. The highest BCUT2D eigenvalue weighted by atomic mass is 32.2. The summed E-state index contributed by atoms with van der Waals surface area (Å²) in [6.07, 6.45) is 8.32. The Morgan fingerprint density at radius 2 is 2.45 bits per heavy atom. The first kappa shape index (κ1) is 8.60. The van der Waals surface area contributed by atoms with Crippen molar-refractivity contribution in [1.82, 2.24) is 4.98 Å². The van der Waals surface area contributed by atoms with Crippen molar-refractivity contribution in [2.24, 2.45) is 0 Å². The lowest BCUT2D eigenvalue weighted by Crippen LogP contribution is -1.87. The first-order valence-electron chi connectivity index (χ1n) is 3.81. The average Bonchev–Trinajstić information content (AvgIpc) is 2.07. The number of aryl methyl sites for hydroxylation is 1. The molecule has 0 spiro atoms. The van der Waals surface area contributed by atoms with E-state index < -0.39 is 0 Å². The molecule has 1 heterocycles. The second-order valence-electron chi connectivity index (χ2n) is 2.46. The minimum Gasteiger partial charge on any atom is -0.264 e. The van der Waals surface area contributed by atoms with Crippen LogP contribution in [0.5, 0.6) is 0 Å². The standard InChI is InChI=1S/C9H13NS/c1-11-7-3-5-9-4-2-6-10-8-9/h2,4,6,8H,3,5,7H2,1H3. The van der Waals surface area contributed by atoms with Gasteiger partial charge in [-0.25, -0.2) is 0 Å². The molecule has 1 rings (SSSR count). The van der Waals surface area contributed by atoms with Crippen LogP contribution >= 0.6 is 11.8 Å². The van der Waals surface area contributed by atoms with Crippen LogP contribution in [0.3, 0.4) is 0 Å². The van der Waals surface area contributed by atoms with Crippen molar-refractivity contribution in [3.63, 3.8) is 0 Å². The summed E-state index contributed by atoms with van der Waals surface area (Å²) in [5.41, 5.74) is 1.35. The summed E-state index contributed by atoms with van der Waals surface area (Å²) >= 11 is 1.90. The molecular weight excluding hydrogens is 154 g/mol. The topological polar surface area (TPSA) is 12.9 Å². The third-order valence-corrected chi connectivity index (χ3v) is 2.23. The number of aromatic nitrogens is 1. The third-order valence-electron chi connectivity index (χ3n) is 1.54. The minimum absolute atomic E-state index is 1.16. The van der Waals surface area contributed by atoms with Gasteiger partial charge in [-0.1, -0.05) is 6.07 Å². The summed E-state index contributed by atoms with van der Waals surface area (Å²) < 4.78 is 0. The van der Waals surface area contributed by atoms with Gasteiger partial charge in [-0.05, 0) is 36.5 Å². The predicted octanol–water partition coefficient (Wildman–Crippen LogP) is 2.38. The maximum absolute atomic E-state index is 4.06. The quantitative estimate of drug-likeness (QED) is 0.639. The van der Waals surface area contributed by atoms with Crippen LogP contribution in [0.4, 0.5) is 0 Å². The second-order valence-corrected chi connectivity index (χ2v) is 3.44. The molecule has 0 fully saturated rings. The number of rotatable bonds is 4. The zero-order valence-electron chi connectivity index (χ0n) is 6.79. The molecule has 0 unspecified atom stereocenters. The first-order valence-corrected chi connectivity index (χ1v) is 5.20. The molecule has 0 aliphatic heterocycles. The lowest BCUT2D eigenvalue weighted by molar-refractivity contribution is 0.925. The Morgan fingerprint density at radius 1 is 1.55 bits per heavy atom. The van der Waals surface area contributed by atoms with Crippen molar-refractivity contribution in [3.8, 4) is 0 Å². The average molecular weight is 167 g/mol. The molecular formula is C9H13NS. The Kier molecular flexibility index (Phi) is 4.06. The summed E-state index contributed by atoms with van der Waals surface area (Å²) in [5, 5.41) is 0. The van der Waals surface area contributed by atoms with Gasteiger partial charge < -0.3 is 0 Å². The Balaban J connectivity index is 2.28. The van der Waals surface area contributed by atoms with E-state index in [4.69, 9.17) is 0 Å². The maximum atomic E-state index is 4.06. The van der Waals surface area contributed by atoms with Gasteiger partial charge in [-0.15, -0.1) is 0 Å². The van der Waals surface area contributed by atoms with Crippen molar-refractivity contribution in [3.05, 3.63) is 30.1 Å². The van der Waals surface area contributed by atoms with Gasteiger partial charge in [-0.2, -0.15) is 11.8 Å². The van der Waals surface area contributed by atoms with Crippen molar-refractivity contribution >= 4 is 11.8 Å². The van der Waals surface area contributed by atoms with Gasteiger partial charge in [0.15, 0.2) is 0 Å². The summed E-state index contributed by atoms with van der Waals surface area (Å²) in [7, 11) is 0. The van der Waals surface area contributed by atoms with Crippen LogP contribution in [-0.2, 0) is 6.42 Å². The van der Waals surface area contributed by atoms with Crippen LogP contribution in [0, 0.1) is 0 Å². The van der Waals surface area contributed by atoms with Gasteiger partial charge in [-0.3, -0.25) is 4.98 Å².